The van der Waals surface area contributed by atoms with Crippen molar-refractivity contribution in [2.45, 2.75) is 17.9 Å². The van der Waals surface area contributed by atoms with Crippen molar-refractivity contribution in [3.05, 3.63) is 30.3 Å². The van der Waals surface area contributed by atoms with Gasteiger partial charge in [-0.1, -0.05) is 18.2 Å². The minimum Gasteiger partial charge on any atom is -0.383 e. The topological polar surface area (TPSA) is 49.9 Å². The molecular formula is C16H26N2O3S. The number of piperazine rings is 1. The number of benzene rings is 1. The number of rotatable bonds is 7. The van der Waals surface area contributed by atoms with E-state index in [0.717, 1.165) is 32.8 Å². The Morgan fingerprint density at radius 3 is 2.55 bits per heavy atom. The summed E-state index contributed by atoms with van der Waals surface area (Å²) in [5.41, 5.74) is 0. The molecule has 1 atom stereocenters. The molecule has 0 amide bonds. The zero-order valence-corrected chi connectivity index (χ0v) is 14.3. The van der Waals surface area contributed by atoms with E-state index < -0.39 is 9.84 Å². The Hall–Kier alpha value is -0.950. The second kappa shape index (κ2) is 8.06. The van der Waals surface area contributed by atoms with Gasteiger partial charge in [-0.2, -0.15) is 0 Å². The van der Waals surface area contributed by atoms with Gasteiger partial charge < -0.3 is 4.74 Å². The molecule has 0 aliphatic carbocycles. The van der Waals surface area contributed by atoms with E-state index in [-0.39, 0.29) is 5.75 Å². The highest BCUT2D eigenvalue weighted by Gasteiger charge is 2.24. The van der Waals surface area contributed by atoms with Crippen LogP contribution >= 0.6 is 0 Å². The van der Waals surface area contributed by atoms with E-state index in [1.54, 1.807) is 31.4 Å². The molecule has 0 bridgehead atoms. The predicted octanol–water partition coefficient (Wildman–Crippen LogP) is 1.11. The SMILES string of the molecule is COCCN1CCN(CCS(=O)(=O)c2ccccc2)C[C@H]1C. The molecule has 5 nitrogen and oxygen atoms in total. The number of hydrogen-bond donors (Lipinski definition) is 0. The van der Waals surface area contributed by atoms with E-state index in [9.17, 15) is 8.42 Å². The first-order valence-corrected chi connectivity index (χ1v) is 9.41. The highest BCUT2D eigenvalue weighted by atomic mass is 32.2. The van der Waals surface area contributed by atoms with Crippen LogP contribution in [-0.2, 0) is 14.6 Å². The van der Waals surface area contributed by atoms with Gasteiger partial charge >= 0.3 is 0 Å². The Kier molecular flexibility index (Phi) is 6.37. The van der Waals surface area contributed by atoms with Gasteiger partial charge in [-0.25, -0.2) is 8.42 Å². The van der Waals surface area contributed by atoms with Crippen LogP contribution in [0, 0.1) is 0 Å². The smallest absolute Gasteiger partial charge is 0.179 e. The van der Waals surface area contributed by atoms with Crippen LogP contribution in [0.25, 0.3) is 0 Å². The Balaban J connectivity index is 1.83. The van der Waals surface area contributed by atoms with Gasteiger partial charge in [0.1, 0.15) is 0 Å². The largest absolute Gasteiger partial charge is 0.383 e. The van der Waals surface area contributed by atoms with Crippen molar-refractivity contribution in [2.24, 2.45) is 0 Å². The van der Waals surface area contributed by atoms with Crippen LogP contribution in [-0.4, -0.2) is 76.5 Å². The molecule has 0 spiro atoms. The lowest BCUT2D eigenvalue weighted by Crippen LogP contribution is -2.53. The molecule has 1 aliphatic heterocycles. The van der Waals surface area contributed by atoms with E-state index in [1.165, 1.54) is 0 Å². The normalized spacial score (nSPS) is 21.1. The van der Waals surface area contributed by atoms with Gasteiger partial charge in [0, 0.05) is 45.9 Å². The standard InChI is InChI=1S/C16H26N2O3S/c1-15-14-17(8-9-18(15)10-12-21-2)11-13-22(19,20)16-6-4-3-5-7-16/h3-7,15H,8-14H2,1-2H3/t15-/m1/s1. The van der Waals surface area contributed by atoms with E-state index in [2.05, 4.69) is 16.7 Å². The third-order valence-corrected chi connectivity index (χ3v) is 5.92. The minimum absolute atomic E-state index is 0.182. The van der Waals surface area contributed by atoms with Gasteiger partial charge in [0.15, 0.2) is 9.84 Å². The molecule has 0 saturated carbocycles. The number of sulfone groups is 1. The maximum atomic E-state index is 12.3. The summed E-state index contributed by atoms with van der Waals surface area (Å²) >= 11 is 0. The summed E-state index contributed by atoms with van der Waals surface area (Å²) in [7, 11) is -1.46. The van der Waals surface area contributed by atoms with Crippen molar-refractivity contribution in [1.29, 1.82) is 0 Å². The van der Waals surface area contributed by atoms with Crippen LogP contribution in [0.15, 0.2) is 35.2 Å². The summed E-state index contributed by atoms with van der Waals surface area (Å²) in [5.74, 6) is 0.182. The van der Waals surface area contributed by atoms with Crippen molar-refractivity contribution in [3.8, 4) is 0 Å². The zero-order chi connectivity index (χ0) is 16.0. The fourth-order valence-corrected chi connectivity index (χ4v) is 4.12. The Labute approximate surface area is 133 Å². The summed E-state index contributed by atoms with van der Waals surface area (Å²) in [6, 6.07) is 9.14. The maximum absolute atomic E-state index is 12.3. The van der Waals surface area contributed by atoms with Gasteiger partial charge in [-0.15, -0.1) is 0 Å². The van der Waals surface area contributed by atoms with Crippen molar-refractivity contribution in [3.63, 3.8) is 0 Å². The van der Waals surface area contributed by atoms with Crippen molar-refractivity contribution < 1.29 is 13.2 Å². The average Bonchev–Trinajstić information content (AvgIpc) is 2.53. The summed E-state index contributed by atoms with van der Waals surface area (Å²) < 4.78 is 29.7. The third-order valence-electron chi connectivity index (χ3n) is 4.21. The van der Waals surface area contributed by atoms with E-state index in [1.807, 2.05) is 6.07 Å². The molecule has 1 fully saturated rings. The van der Waals surface area contributed by atoms with Crippen LogP contribution in [0.1, 0.15) is 6.92 Å². The van der Waals surface area contributed by atoms with Crippen molar-refractivity contribution in [1.82, 2.24) is 9.80 Å². The molecule has 1 aromatic rings. The molecule has 1 heterocycles. The van der Waals surface area contributed by atoms with Gasteiger partial charge in [-0.05, 0) is 19.1 Å². The number of nitrogens with zero attached hydrogens (tertiary/aromatic N) is 2. The van der Waals surface area contributed by atoms with E-state index in [4.69, 9.17) is 4.74 Å². The molecule has 0 N–H and O–H groups in total. The lowest BCUT2D eigenvalue weighted by atomic mass is 10.2. The van der Waals surface area contributed by atoms with Crippen molar-refractivity contribution in [2.75, 3.05) is 52.2 Å². The molecule has 124 valence electrons. The quantitative estimate of drug-likeness (QED) is 0.751. The molecular weight excluding hydrogens is 300 g/mol. The third kappa shape index (κ3) is 4.78. The monoisotopic (exact) mass is 326 g/mol. The average molecular weight is 326 g/mol. The summed E-state index contributed by atoms with van der Waals surface area (Å²) in [6.45, 7) is 7.26. The first-order valence-electron chi connectivity index (χ1n) is 7.76. The highest BCUT2D eigenvalue weighted by Crippen LogP contribution is 2.13. The fraction of sp³-hybridized carbons (Fsp3) is 0.625. The summed E-state index contributed by atoms with van der Waals surface area (Å²) in [5, 5.41) is 0. The zero-order valence-electron chi connectivity index (χ0n) is 13.4. The predicted molar refractivity (Wildman–Crippen MR) is 87.8 cm³/mol. The molecule has 1 saturated heterocycles. The fourth-order valence-electron chi connectivity index (χ4n) is 2.81. The van der Waals surface area contributed by atoms with Crippen molar-refractivity contribution >= 4 is 9.84 Å². The molecule has 6 heteroatoms. The first kappa shape index (κ1) is 17.4. The Morgan fingerprint density at radius 2 is 1.91 bits per heavy atom. The van der Waals surface area contributed by atoms with Crippen LogP contribution in [0.2, 0.25) is 0 Å². The molecule has 0 unspecified atom stereocenters. The van der Waals surface area contributed by atoms with E-state index in [0.29, 0.717) is 17.5 Å². The van der Waals surface area contributed by atoms with Gasteiger partial charge in [0.2, 0.25) is 0 Å². The number of hydrogen-bond acceptors (Lipinski definition) is 5. The lowest BCUT2D eigenvalue weighted by Gasteiger charge is -2.39. The minimum atomic E-state index is -3.18. The Bertz CT molecular complexity index is 548. The maximum Gasteiger partial charge on any atom is 0.179 e. The summed E-state index contributed by atoms with van der Waals surface area (Å²) in [4.78, 5) is 5.06. The molecule has 2 rings (SSSR count). The van der Waals surface area contributed by atoms with E-state index >= 15 is 0 Å². The van der Waals surface area contributed by atoms with Crippen LogP contribution in [0.3, 0.4) is 0 Å². The molecule has 0 radical (unpaired) electrons. The van der Waals surface area contributed by atoms with Crippen LogP contribution < -0.4 is 0 Å². The summed E-state index contributed by atoms with van der Waals surface area (Å²) in [6.07, 6.45) is 0. The van der Waals surface area contributed by atoms with Crippen LogP contribution in [0.4, 0.5) is 0 Å². The second-order valence-corrected chi connectivity index (χ2v) is 7.92. The van der Waals surface area contributed by atoms with Gasteiger partial charge in [0.05, 0.1) is 17.3 Å². The van der Waals surface area contributed by atoms with Gasteiger partial charge in [0.25, 0.3) is 0 Å². The first-order chi connectivity index (χ1) is 10.5. The second-order valence-electron chi connectivity index (χ2n) is 5.81. The molecule has 22 heavy (non-hydrogen) atoms. The molecule has 1 aromatic carbocycles. The molecule has 1 aliphatic rings. The van der Waals surface area contributed by atoms with Crippen LogP contribution in [0.5, 0.6) is 0 Å². The number of methoxy groups -OCH3 is 1. The Morgan fingerprint density at radius 1 is 1.18 bits per heavy atom. The number of ether oxygens (including phenoxy) is 1. The highest BCUT2D eigenvalue weighted by molar-refractivity contribution is 7.91. The lowest BCUT2D eigenvalue weighted by molar-refractivity contribution is 0.0617. The van der Waals surface area contributed by atoms with Gasteiger partial charge in [-0.3, -0.25) is 9.80 Å². The molecule has 0 aromatic heterocycles.